The van der Waals surface area contributed by atoms with Gasteiger partial charge in [0.2, 0.25) is 0 Å². The minimum atomic E-state index is -0.897. The Morgan fingerprint density at radius 2 is 2.00 bits per heavy atom. The van der Waals surface area contributed by atoms with Crippen molar-refractivity contribution in [1.82, 2.24) is 5.06 Å². The predicted molar refractivity (Wildman–Crippen MR) is 103 cm³/mol. The van der Waals surface area contributed by atoms with Crippen LogP contribution >= 0.6 is 24.0 Å². The van der Waals surface area contributed by atoms with Gasteiger partial charge in [-0.1, -0.05) is 54.3 Å². The predicted octanol–water partition coefficient (Wildman–Crippen LogP) is 3.05. The number of hydrogen-bond donors (Lipinski definition) is 0. The monoisotopic (exact) mass is 392 g/mol. The molecule has 0 saturated carbocycles. The topological polar surface area (TPSA) is 87.5 Å². The first-order valence-corrected chi connectivity index (χ1v) is 9.14. The van der Waals surface area contributed by atoms with Crippen molar-refractivity contribution in [3.63, 3.8) is 0 Å². The second kappa shape index (κ2) is 10.7. The Morgan fingerprint density at radius 3 is 2.58 bits per heavy atom. The summed E-state index contributed by atoms with van der Waals surface area (Å²) in [6, 6.07) is 11.5. The van der Waals surface area contributed by atoms with Crippen molar-refractivity contribution in [2.75, 3.05) is 7.05 Å². The van der Waals surface area contributed by atoms with Gasteiger partial charge in [-0.3, -0.25) is 4.79 Å². The number of nitrogens with zero attached hydrogens (tertiary/aromatic N) is 2. The summed E-state index contributed by atoms with van der Waals surface area (Å²) in [5.74, 6) is -1.09. The lowest BCUT2D eigenvalue weighted by Crippen LogP contribution is -2.30. The molecule has 0 fully saturated rings. The molecule has 6 nitrogen and oxygen atoms in total. The molecule has 0 heterocycles. The third-order valence-corrected chi connectivity index (χ3v) is 5.09. The molecule has 0 saturated heterocycles. The SMILES string of the molecule is CN(OC(=O)CCC(C)(C#N)SC(=S)c1ccccc1)C(=O)CCC=O. The lowest BCUT2D eigenvalue weighted by atomic mass is 10.1. The number of carbonyl (C=O) groups is 3. The zero-order valence-corrected chi connectivity index (χ0v) is 16.3. The molecule has 138 valence electrons. The highest BCUT2D eigenvalue weighted by Crippen LogP contribution is 2.33. The van der Waals surface area contributed by atoms with Gasteiger partial charge in [0.05, 0.1) is 16.7 Å². The number of aldehydes is 1. The largest absolute Gasteiger partial charge is 0.338 e. The summed E-state index contributed by atoms with van der Waals surface area (Å²) in [5.41, 5.74) is 0.844. The average Bonchev–Trinajstić information content (AvgIpc) is 2.65. The van der Waals surface area contributed by atoms with Gasteiger partial charge in [-0.05, 0) is 18.9 Å². The molecule has 1 aromatic rings. The Morgan fingerprint density at radius 1 is 1.35 bits per heavy atom. The molecule has 1 aromatic carbocycles. The van der Waals surface area contributed by atoms with Gasteiger partial charge in [-0.25, -0.2) is 4.79 Å². The number of carbonyl (C=O) groups excluding carboxylic acids is 3. The van der Waals surface area contributed by atoms with Crippen molar-refractivity contribution >= 4 is 46.3 Å². The summed E-state index contributed by atoms with van der Waals surface area (Å²) in [5, 5.41) is 10.3. The van der Waals surface area contributed by atoms with E-state index in [1.54, 1.807) is 6.92 Å². The van der Waals surface area contributed by atoms with E-state index in [0.29, 0.717) is 10.5 Å². The quantitative estimate of drug-likeness (QED) is 0.382. The minimum Gasteiger partial charge on any atom is -0.338 e. The summed E-state index contributed by atoms with van der Waals surface area (Å²) in [6.45, 7) is 1.71. The third-order valence-electron chi connectivity index (χ3n) is 3.44. The average molecular weight is 393 g/mol. The van der Waals surface area contributed by atoms with Gasteiger partial charge in [0, 0.05) is 19.9 Å². The van der Waals surface area contributed by atoms with Crippen LogP contribution < -0.4 is 0 Å². The van der Waals surface area contributed by atoms with Crippen LogP contribution in [-0.4, -0.2) is 39.2 Å². The fraction of sp³-hybridized carbons (Fsp3) is 0.389. The molecule has 0 bridgehead atoms. The number of amides is 1. The molecule has 26 heavy (non-hydrogen) atoms. The third kappa shape index (κ3) is 7.33. The molecule has 0 aliphatic heterocycles. The normalized spacial score (nSPS) is 12.3. The molecule has 1 unspecified atom stereocenters. The summed E-state index contributed by atoms with van der Waals surface area (Å²) >= 11 is 6.60. The molecule has 0 radical (unpaired) electrons. The number of rotatable bonds is 8. The zero-order valence-electron chi connectivity index (χ0n) is 14.6. The Labute approximate surface area is 162 Å². The van der Waals surface area contributed by atoms with Gasteiger partial charge in [0.25, 0.3) is 5.91 Å². The Bertz CT molecular complexity index is 703. The van der Waals surface area contributed by atoms with Crippen LogP contribution in [0.25, 0.3) is 0 Å². The second-order valence-corrected chi connectivity index (χ2v) is 7.84. The van der Waals surface area contributed by atoms with E-state index in [4.69, 9.17) is 17.1 Å². The van der Waals surface area contributed by atoms with Crippen molar-refractivity contribution in [3.05, 3.63) is 35.9 Å². The molecule has 1 amide bonds. The van der Waals surface area contributed by atoms with E-state index in [1.165, 1.54) is 18.8 Å². The van der Waals surface area contributed by atoms with E-state index >= 15 is 0 Å². The van der Waals surface area contributed by atoms with E-state index < -0.39 is 16.6 Å². The van der Waals surface area contributed by atoms with Crippen molar-refractivity contribution < 1.29 is 19.2 Å². The molecule has 0 aliphatic rings. The molecule has 8 heteroatoms. The number of benzene rings is 1. The molecule has 0 aliphatic carbocycles. The van der Waals surface area contributed by atoms with Crippen molar-refractivity contribution in [2.45, 2.75) is 37.4 Å². The molecule has 1 atom stereocenters. The van der Waals surface area contributed by atoms with Gasteiger partial charge in [0.15, 0.2) is 0 Å². The summed E-state index contributed by atoms with van der Waals surface area (Å²) in [6.07, 6.45) is 0.847. The van der Waals surface area contributed by atoms with Crippen molar-refractivity contribution in [1.29, 1.82) is 5.26 Å². The molecule has 0 spiro atoms. The first kappa shape index (κ1) is 21.8. The summed E-state index contributed by atoms with van der Waals surface area (Å²) in [7, 11) is 1.31. The van der Waals surface area contributed by atoms with Crippen LogP contribution in [0.3, 0.4) is 0 Å². The Kier molecular flexibility index (Phi) is 8.96. The van der Waals surface area contributed by atoms with Gasteiger partial charge >= 0.3 is 5.97 Å². The second-order valence-electron chi connectivity index (χ2n) is 5.66. The highest BCUT2D eigenvalue weighted by atomic mass is 32.2. The molecular formula is C18H20N2O4S2. The highest BCUT2D eigenvalue weighted by molar-refractivity contribution is 8.24. The van der Waals surface area contributed by atoms with Crippen LogP contribution in [-0.2, 0) is 19.2 Å². The van der Waals surface area contributed by atoms with Crippen LogP contribution in [0.2, 0.25) is 0 Å². The first-order chi connectivity index (χ1) is 12.3. The number of nitriles is 1. The number of hydroxylamine groups is 2. The standard InChI is InChI=1S/C18H20N2O4S2/c1-18(13-19,26-17(25)14-7-4-3-5-8-14)11-10-16(23)24-20(2)15(22)9-6-12-21/h3-5,7-8,12H,6,9-11H2,1-2H3. The van der Waals surface area contributed by atoms with Crippen LogP contribution in [0.4, 0.5) is 0 Å². The van der Waals surface area contributed by atoms with E-state index in [0.717, 1.165) is 10.6 Å². The van der Waals surface area contributed by atoms with Crippen LogP contribution in [0.15, 0.2) is 30.3 Å². The molecule has 0 aromatic heterocycles. The van der Waals surface area contributed by atoms with Crippen LogP contribution in [0.1, 0.15) is 38.2 Å². The number of thiocarbonyl (C=S) groups is 1. The number of hydrogen-bond acceptors (Lipinski definition) is 7. The minimum absolute atomic E-state index is 0.0234. The lowest BCUT2D eigenvalue weighted by molar-refractivity contribution is -0.192. The van der Waals surface area contributed by atoms with Gasteiger partial charge in [-0.2, -0.15) is 10.3 Å². The maximum atomic E-state index is 11.9. The van der Waals surface area contributed by atoms with Crippen LogP contribution in [0.5, 0.6) is 0 Å². The highest BCUT2D eigenvalue weighted by Gasteiger charge is 2.29. The van der Waals surface area contributed by atoms with E-state index in [2.05, 4.69) is 6.07 Å². The van der Waals surface area contributed by atoms with Gasteiger partial charge in [-0.15, -0.1) is 0 Å². The Hall–Kier alpha value is -2.24. The fourth-order valence-corrected chi connectivity index (χ4v) is 3.50. The van der Waals surface area contributed by atoms with E-state index in [1.807, 2.05) is 30.3 Å². The summed E-state index contributed by atoms with van der Waals surface area (Å²) in [4.78, 5) is 38.7. The lowest BCUT2D eigenvalue weighted by Gasteiger charge is -2.21. The maximum absolute atomic E-state index is 11.9. The smallest absolute Gasteiger partial charge is 0.332 e. The van der Waals surface area contributed by atoms with Crippen molar-refractivity contribution in [3.8, 4) is 6.07 Å². The molecular weight excluding hydrogens is 372 g/mol. The maximum Gasteiger partial charge on any atom is 0.332 e. The van der Waals surface area contributed by atoms with Crippen LogP contribution in [0, 0.1) is 11.3 Å². The van der Waals surface area contributed by atoms with E-state index in [-0.39, 0.29) is 25.7 Å². The van der Waals surface area contributed by atoms with Crippen molar-refractivity contribution in [2.24, 2.45) is 0 Å². The fourth-order valence-electron chi connectivity index (χ4n) is 1.90. The zero-order chi connectivity index (χ0) is 19.6. The van der Waals surface area contributed by atoms with Gasteiger partial charge < -0.3 is 9.63 Å². The number of thioether (sulfide) groups is 1. The summed E-state index contributed by atoms with van der Waals surface area (Å²) < 4.78 is -0.323. The molecule has 0 N–H and O–H groups in total. The first-order valence-electron chi connectivity index (χ1n) is 7.92. The van der Waals surface area contributed by atoms with Gasteiger partial charge in [0.1, 0.15) is 11.0 Å². The van der Waals surface area contributed by atoms with E-state index in [9.17, 15) is 19.6 Å². The Balaban J connectivity index is 2.55. The molecule has 1 rings (SSSR count).